The maximum Gasteiger partial charge on any atom is 0.273 e. The molecule has 5 rings (SSSR count). The van der Waals surface area contributed by atoms with Crippen LogP contribution in [0.25, 0.3) is 10.8 Å². The predicted octanol–water partition coefficient (Wildman–Crippen LogP) is 2.64. The number of aromatic amines is 1. The Morgan fingerprint density at radius 1 is 1.11 bits per heavy atom. The molecule has 1 aliphatic rings. The van der Waals surface area contributed by atoms with Crippen LogP contribution in [0.3, 0.4) is 0 Å². The van der Waals surface area contributed by atoms with Gasteiger partial charge in [-0.25, -0.2) is 14.5 Å². The van der Waals surface area contributed by atoms with Crippen LogP contribution < -0.4 is 5.56 Å². The number of fused-ring (bicyclic) bond motifs is 1. The summed E-state index contributed by atoms with van der Waals surface area (Å²) in [5.74, 6) is 1.12. The second-order valence-electron chi connectivity index (χ2n) is 9.24. The maximum atomic E-state index is 14.8. The lowest BCUT2D eigenvalue weighted by atomic mass is 10.0. The Morgan fingerprint density at radius 3 is 2.42 bits per heavy atom. The Balaban J connectivity index is 1.34. The molecule has 4 heterocycles. The van der Waals surface area contributed by atoms with Crippen LogP contribution in [0.4, 0.5) is 4.39 Å². The van der Waals surface area contributed by atoms with Gasteiger partial charge in [0.2, 0.25) is 0 Å². The van der Waals surface area contributed by atoms with Gasteiger partial charge < -0.3 is 14.4 Å². The van der Waals surface area contributed by atoms with Gasteiger partial charge in [0.15, 0.2) is 5.01 Å². The molecule has 0 aliphatic carbocycles. The lowest BCUT2D eigenvalue weighted by molar-refractivity contribution is 0.0530. The summed E-state index contributed by atoms with van der Waals surface area (Å²) in [6, 6.07) is 4.43. The van der Waals surface area contributed by atoms with E-state index in [9.17, 15) is 18.8 Å². The van der Waals surface area contributed by atoms with Crippen LogP contribution in [0, 0.1) is 32.0 Å². The summed E-state index contributed by atoms with van der Waals surface area (Å²) in [5.41, 5.74) is 3.07. The van der Waals surface area contributed by atoms with E-state index in [0.717, 1.165) is 16.8 Å². The average molecular weight is 533 g/mol. The zero-order valence-corrected chi connectivity index (χ0v) is 22.0. The van der Waals surface area contributed by atoms with Crippen LogP contribution >= 0.6 is 11.3 Å². The highest BCUT2D eigenvalue weighted by Gasteiger charge is 2.28. The molecule has 0 spiro atoms. The molecular formula is C27H25FN6O3S. The first-order valence-corrected chi connectivity index (χ1v) is 12.9. The number of nitrogens with zero attached hydrogens (tertiary/aromatic N) is 5. The first-order chi connectivity index (χ1) is 18.2. The summed E-state index contributed by atoms with van der Waals surface area (Å²) in [5, 5.41) is 10.2. The minimum atomic E-state index is -0.618. The molecule has 194 valence electrons. The number of hydrogen-bond acceptors (Lipinski definition) is 6. The molecule has 2 amide bonds. The van der Waals surface area contributed by atoms with Gasteiger partial charge in [-0.1, -0.05) is 6.07 Å². The second-order valence-corrected chi connectivity index (χ2v) is 10.1. The van der Waals surface area contributed by atoms with Gasteiger partial charge in [0.05, 0.1) is 16.6 Å². The zero-order valence-electron chi connectivity index (χ0n) is 21.2. The fraction of sp³-hybridized carbons (Fsp3) is 0.296. The highest BCUT2D eigenvalue weighted by atomic mass is 32.1. The van der Waals surface area contributed by atoms with Gasteiger partial charge in [0.1, 0.15) is 11.5 Å². The highest BCUT2D eigenvalue weighted by molar-refractivity contribution is 7.10. The van der Waals surface area contributed by atoms with Crippen LogP contribution in [0.15, 0.2) is 28.4 Å². The summed E-state index contributed by atoms with van der Waals surface area (Å²) in [4.78, 5) is 45.7. The Hall–Kier alpha value is -4.30. The van der Waals surface area contributed by atoms with Crippen molar-refractivity contribution in [1.82, 2.24) is 29.5 Å². The summed E-state index contributed by atoms with van der Waals surface area (Å²) < 4.78 is 16.7. The largest absolute Gasteiger partial charge is 0.351 e. The third kappa shape index (κ3) is 4.37. The Kier molecular flexibility index (Phi) is 6.59. The molecule has 0 unspecified atom stereocenters. The summed E-state index contributed by atoms with van der Waals surface area (Å²) >= 11 is 1.23. The number of amides is 2. The van der Waals surface area contributed by atoms with Gasteiger partial charge >= 0.3 is 0 Å². The number of halogens is 1. The topological polar surface area (TPSA) is 104 Å². The Labute approximate surface area is 221 Å². The lowest BCUT2D eigenvalue weighted by Crippen LogP contribution is -2.50. The number of carbonyl (C=O) groups is 2. The fourth-order valence-electron chi connectivity index (χ4n) is 4.86. The monoisotopic (exact) mass is 532 g/mol. The van der Waals surface area contributed by atoms with Gasteiger partial charge in [-0.2, -0.15) is 5.10 Å². The second kappa shape index (κ2) is 9.87. The van der Waals surface area contributed by atoms with Crippen LogP contribution in [-0.2, 0) is 13.5 Å². The van der Waals surface area contributed by atoms with Crippen molar-refractivity contribution in [1.29, 1.82) is 0 Å². The number of rotatable bonds is 4. The Bertz CT molecular complexity index is 1690. The molecule has 3 aromatic heterocycles. The molecule has 38 heavy (non-hydrogen) atoms. The number of thiazole rings is 1. The van der Waals surface area contributed by atoms with E-state index in [2.05, 4.69) is 21.1 Å². The van der Waals surface area contributed by atoms with Crippen LogP contribution in [-0.4, -0.2) is 67.5 Å². The number of benzene rings is 1. The van der Waals surface area contributed by atoms with Crippen molar-refractivity contribution in [2.24, 2.45) is 7.05 Å². The van der Waals surface area contributed by atoms with Gasteiger partial charge in [0.25, 0.3) is 17.4 Å². The van der Waals surface area contributed by atoms with E-state index in [1.165, 1.54) is 23.5 Å². The van der Waals surface area contributed by atoms with Gasteiger partial charge in [-0.15, -0.1) is 17.8 Å². The molecule has 4 aromatic rings. The molecule has 1 aliphatic heterocycles. The first kappa shape index (κ1) is 25.4. The van der Waals surface area contributed by atoms with Crippen LogP contribution in [0.5, 0.6) is 0 Å². The summed E-state index contributed by atoms with van der Waals surface area (Å²) in [6.07, 6.45) is 5.65. The van der Waals surface area contributed by atoms with Crippen molar-refractivity contribution in [2.45, 2.75) is 20.3 Å². The molecule has 1 fully saturated rings. The SMILES string of the molecule is C#Cc1nc(C(=O)N2CCN(C(=O)c3cc(Cc4n[nH]c(=O)c5c(C)n(C)c(C)c45)ccc3F)CC2)cs1. The van der Waals surface area contributed by atoms with E-state index in [1.54, 1.807) is 21.2 Å². The van der Waals surface area contributed by atoms with Crippen molar-refractivity contribution < 1.29 is 14.0 Å². The number of aromatic nitrogens is 4. The maximum absolute atomic E-state index is 14.8. The highest BCUT2D eigenvalue weighted by Crippen LogP contribution is 2.26. The van der Waals surface area contributed by atoms with Gasteiger partial charge in [-0.3, -0.25) is 14.4 Å². The Morgan fingerprint density at radius 2 is 1.76 bits per heavy atom. The third-order valence-corrected chi connectivity index (χ3v) is 7.90. The molecule has 1 N–H and O–H groups in total. The van der Waals surface area contributed by atoms with E-state index in [1.807, 2.05) is 25.5 Å². The number of nitrogens with one attached hydrogen (secondary N) is 1. The van der Waals surface area contributed by atoms with Gasteiger partial charge in [0, 0.05) is 61.8 Å². The van der Waals surface area contributed by atoms with Gasteiger partial charge in [-0.05, 0) is 37.5 Å². The third-order valence-electron chi connectivity index (χ3n) is 7.12. The fourth-order valence-corrected chi connectivity index (χ4v) is 5.46. The van der Waals surface area contributed by atoms with E-state index >= 15 is 0 Å². The predicted molar refractivity (Wildman–Crippen MR) is 142 cm³/mol. The number of aryl methyl sites for hydroxylation is 2. The average Bonchev–Trinajstić information content (AvgIpc) is 3.50. The van der Waals surface area contributed by atoms with Crippen molar-refractivity contribution in [3.63, 3.8) is 0 Å². The molecule has 0 bridgehead atoms. The van der Waals surface area contributed by atoms with E-state index in [-0.39, 0.29) is 35.8 Å². The zero-order chi connectivity index (χ0) is 27.1. The molecule has 0 saturated carbocycles. The summed E-state index contributed by atoms with van der Waals surface area (Å²) in [6.45, 7) is 4.95. The molecule has 0 radical (unpaired) electrons. The van der Waals surface area contributed by atoms with Crippen LogP contribution in [0.1, 0.15) is 48.5 Å². The van der Waals surface area contributed by atoms with Crippen molar-refractivity contribution in [3.05, 3.63) is 78.7 Å². The van der Waals surface area contributed by atoms with Crippen LogP contribution in [0.2, 0.25) is 0 Å². The summed E-state index contributed by atoms with van der Waals surface area (Å²) in [7, 11) is 1.89. The van der Waals surface area contributed by atoms with E-state index < -0.39 is 11.7 Å². The number of terminal acetylenes is 1. The van der Waals surface area contributed by atoms with E-state index in [0.29, 0.717) is 41.2 Å². The number of piperazine rings is 1. The van der Waals surface area contributed by atoms with Crippen molar-refractivity contribution in [3.8, 4) is 12.3 Å². The standard InChI is InChI=1S/C27H25FN6O3S/c1-5-22-29-21(14-38-22)27(37)34-10-8-33(9-11-34)26(36)18-12-17(6-7-19(18)28)13-20-23-15(2)32(4)16(3)24(23)25(35)31-30-20/h1,6-7,12,14H,8-11,13H2,2-4H3,(H,31,35). The minimum Gasteiger partial charge on any atom is -0.351 e. The minimum absolute atomic E-state index is 0.0397. The molecule has 11 heteroatoms. The molecule has 9 nitrogen and oxygen atoms in total. The molecule has 1 aromatic carbocycles. The van der Waals surface area contributed by atoms with Crippen molar-refractivity contribution in [2.75, 3.05) is 26.2 Å². The molecule has 1 saturated heterocycles. The van der Waals surface area contributed by atoms with E-state index in [4.69, 9.17) is 6.42 Å². The number of hydrogen-bond donors (Lipinski definition) is 1. The van der Waals surface area contributed by atoms with Crippen molar-refractivity contribution >= 4 is 33.9 Å². The first-order valence-electron chi connectivity index (χ1n) is 12.0. The molecule has 0 atom stereocenters. The lowest BCUT2D eigenvalue weighted by Gasteiger charge is -2.34. The smallest absolute Gasteiger partial charge is 0.273 e. The normalized spacial score (nSPS) is 13.7. The molecular weight excluding hydrogens is 507 g/mol. The quantitative estimate of drug-likeness (QED) is 0.407. The number of carbonyl (C=O) groups excluding carboxylic acids is 2. The number of H-pyrrole nitrogens is 1.